The van der Waals surface area contributed by atoms with Crippen molar-refractivity contribution < 1.29 is 19.7 Å². The minimum atomic E-state index is -0.973. The average Bonchev–Trinajstić information content (AvgIpc) is 2.60. The fourth-order valence-electron chi connectivity index (χ4n) is 1.96. The van der Waals surface area contributed by atoms with Gasteiger partial charge in [0, 0.05) is 12.5 Å². The van der Waals surface area contributed by atoms with Gasteiger partial charge in [0.05, 0.1) is 12.2 Å². The molecule has 13 heavy (non-hydrogen) atoms. The molecule has 4 heteroatoms. The van der Waals surface area contributed by atoms with E-state index >= 15 is 0 Å². The third-order valence-corrected chi connectivity index (χ3v) is 2.82. The normalized spacial score (nSPS) is 45.8. The second kappa shape index (κ2) is 2.56. The molecule has 2 N–H and O–H groups in total. The second-order valence-electron chi connectivity index (χ2n) is 3.82. The Kier molecular flexibility index (Phi) is 1.72. The number of carboxylic acids is 1. The highest BCUT2D eigenvalue weighted by atomic mass is 16.6. The van der Waals surface area contributed by atoms with Crippen molar-refractivity contribution >= 4 is 5.97 Å². The van der Waals surface area contributed by atoms with Gasteiger partial charge in [-0.3, -0.25) is 0 Å². The summed E-state index contributed by atoms with van der Waals surface area (Å²) in [4.78, 5) is 10.5. The number of epoxide rings is 1. The lowest BCUT2D eigenvalue weighted by molar-refractivity contribution is -0.131. The number of aliphatic hydroxyl groups excluding tert-OH is 1. The van der Waals surface area contributed by atoms with Gasteiger partial charge in [-0.1, -0.05) is 0 Å². The van der Waals surface area contributed by atoms with Crippen LogP contribution >= 0.6 is 0 Å². The number of ether oxygens (including phenoxy) is 1. The van der Waals surface area contributed by atoms with E-state index in [0.717, 1.165) is 6.08 Å². The molecule has 4 nitrogen and oxygen atoms in total. The highest BCUT2D eigenvalue weighted by Crippen LogP contribution is 2.50. The fraction of sp³-hybridized carbons (Fsp3) is 0.667. The number of rotatable bonds is 1. The highest BCUT2D eigenvalue weighted by molar-refractivity contribution is 5.81. The van der Waals surface area contributed by atoms with E-state index in [2.05, 4.69) is 0 Å². The molecular weight excluding hydrogens is 172 g/mol. The molecule has 1 heterocycles. The molecule has 0 spiro atoms. The van der Waals surface area contributed by atoms with Crippen LogP contribution in [-0.2, 0) is 9.53 Å². The third-order valence-electron chi connectivity index (χ3n) is 2.82. The van der Waals surface area contributed by atoms with Gasteiger partial charge in [-0.2, -0.15) is 0 Å². The number of hydrogen-bond acceptors (Lipinski definition) is 3. The molecule has 1 saturated heterocycles. The van der Waals surface area contributed by atoms with Crippen LogP contribution in [0.5, 0.6) is 0 Å². The van der Waals surface area contributed by atoms with Crippen molar-refractivity contribution in [2.45, 2.75) is 37.6 Å². The van der Waals surface area contributed by atoms with E-state index in [-0.39, 0.29) is 6.10 Å². The van der Waals surface area contributed by atoms with E-state index in [1.165, 1.54) is 0 Å². The molecule has 0 amide bonds. The molecule has 1 aliphatic heterocycles. The van der Waals surface area contributed by atoms with E-state index in [1.807, 2.05) is 6.92 Å². The Bertz CT molecular complexity index is 283. The molecule has 1 saturated carbocycles. The largest absolute Gasteiger partial charge is 0.478 e. The van der Waals surface area contributed by atoms with Gasteiger partial charge in [0.25, 0.3) is 0 Å². The molecule has 0 bridgehead atoms. The Morgan fingerprint density at radius 3 is 3.08 bits per heavy atom. The Morgan fingerprint density at radius 2 is 2.46 bits per heavy atom. The Hall–Kier alpha value is -0.870. The summed E-state index contributed by atoms with van der Waals surface area (Å²) in [5.74, 6) is -0.973. The lowest BCUT2D eigenvalue weighted by atomic mass is 9.83. The van der Waals surface area contributed by atoms with E-state index < -0.39 is 17.7 Å². The molecule has 0 aromatic rings. The summed E-state index contributed by atoms with van der Waals surface area (Å²) >= 11 is 0. The predicted molar refractivity (Wildman–Crippen MR) is 44.2 cm³/mol. The number of carboxylic acid groups (broad SMARTS) is 1. The van der Waals surface area contributed by atoms with Crippen molar-refractivity contribution in [2.75, 3.05) is 0 Å². The van der Waals surface area contributed by atoms with Gasteiger partial charge in [-0.15, -0.1) is 0 Å². The molecule has 1 aliphatic carbocycles. The smallest absolute Gasteiger partial charge is 0.328 e. The Labute approximate surface area is 75.8 Å². The molecule has 0 unspecified atom stereocenters. The molecule has 3 atom stereocenters. The van der Waals surface area contributed by atoms with Crippen LogP contribution in [0, 0.1) is 0 Å². The van der Waals surface area contributed by atoms with Crippen LogP contribution in [0.15, 0.2) is 11.6 Å². The second-order valence-corrected chi connectivity index (χ2v) is 3.82. The van der Waals surface area contributed by atoms with Gasteiger partial charge in [-0.05, 0) is 18.9 Å². The monoisotopic (exact) mass is 184 g/mol. The van der Waals surface area contributed by atoms with Gasteiger partial charge in [0.15, 0.2) is 0 Å². The van der Waals surface area contributed by atoms with Crippen LogP contribution in [-0.4, -0.2) is 34.0 Å². The van der Waals surface area contributed by atoms with Gasteiger partial charge in [0.1, 0.15) is 5.60 Å². The van der Waals surface area contributed by atoms with E-state index in [1.54, 1.807) is 0 Å². The summed E-state index contributed by atoms with van der Waals surface area (Å²) in [6.07, 6.45) is 1.75. The zero-order valence-electron chi connectivity index (χ0n) is 7.36. The maximum atomic E-state index is 10.5. The average molecular weight is 184 g/mol. The highest BCUT2D eigenvalue weighted by Gasteiger charge is 2.58. The number of aliphatic hydroxyl groups is 1. The van der Waals surface area contributed by atoms with Crippen LogP contribution in [0.2, 0.25) is 0 Å². The van der Waals surface area contributed by atoms with Gasteiger partial charge in [-0.25, -0.2) is 4.79 Å². The van der Waals surface area contributed by atoms with Crippen LogP contribution in [0.3, 0.4) is 0 Å². The van der Waals surface area contributed by atoms with Crippen LogP contribution in [0.1, 0.15) is 19.8 Å². The lowest BCUT2D eigenvalue weighted by Crippen LogP contribution is -2.27. The van der Waals surface area contributed by atoms with Crippen LogP contribution in [0.4, 0.5) is 0 Å². The predicted octanol–water partition coefficient (Wildman–Crippen LogP) is 0.310. The number of fused-ring (bicyclic) bond motifs is 1. The van der Waals surface area contributed by atoms with Crippen molar-refractivity contribution in [1.82, 2.24) is 0 Å². The first kappa shape index (κ1) is 8.72. The van der Waals surface area contributed by atoms with Crippen LogP contribution in [0.25, 0.3) is 0 Å². The van der Waals surface area contributed by atoms with Crippen molar-refractivity contribution in [3.8, 4) is 0 Å². The van der Waals surface area contributed by atoms with E-state index in [9.17, 15) is 9.90 Å². The first-order chi connectivity index (χ1) is 6.02. The van der Waals surface area contributed by atoms with Crippen molar-refractivity contribution in [2.24, 2.45) is 0 Å². The summed E-state index contributed by atoms with van der Waals surface area (Å²) in [7, 11) is 0. The maximum absolute atomic E-state index is 10.5. The quantitative estimate of drug-likeness (QED) is 0.454. The van der Waals surface area contributed by atoms with Crippen LogP contribution < -0.4 is 0 Å². The molecule has 2 rings (SSSR count). The van der Waals surface area contributed by atoms with Crippen molar-refractivity contribution in [1.29, 1.82) is 0 Å². The summed E-state index contributed by atoms with van der Waals surface area (Å²) < 4.78 is 5.36. The van der Waals surface area contributed by atoms with Gasteiger partial charge in [0.2, 0.25) is 0 Å². The molecule has 2 aliphatic rings. The van der Waals surface area contributed by atoms with E-state index in [4.69, 9.17) is 9.84 Å². The standard InChI is InChI=1S/C9H12O4/c1-9-5(3-8(11)12)2-6(10)4-7(9)13-9/h3,6-7,10H,2,4H2,1H3,(H,11,12)/b5-3+/t6-,7-,9+/m1/s1. The minimum Gasteiger partial charge on any atom is -0.478 e. The maximum Gasteiger partial charge on any atom is 0.328 e. The zero-order chi connectivity index (χ0) is 9.64. The minimum absolute atomic E-state index is 0.0156. The number of carbonyl (C=O) groups is 1. The first-order valence-corrected chi connectivity index (χ1v) is 4.32. The van der Waals surface area contributed by atoms with Crippen molar-refractivity contribution in [3.05, 3.63) is 11.6 Å². The summed E-state index contributed by atoms with van der Waals surface area (Å²) in [6, 6.07) is 0. The summed E-state index contributed by atoms with van der Waals surface area (Å²) in [6.45, 7) is 1.87. The molecule has 2 fully saturated rings. The molecule has 72 valence electrons. The Balaban J connectivity index is 2.21. The SMILES string of the molecule is C[C@@]12O[C@@H]1C[C@H](O)C/C2=C\C(=O)O. The number of hydrogen-bond donors (Lipinski definition) is 2. The lowest BCUT2D eigenvalue weighted by Gasteiger charge is -2.20. The molecule has 0 radical (unpaired) electrons. The fourth-order valence-corrected chi connectivity index (χ4v) is 1.96. The zero-order valence-corrected chi connectivity index (χ0v) is 7.36. The van der Waals surface area contributed by atoms with Gasteiger partial charge < -0.3 is 14.9 Å². The molecule has 0 aromatic heterocycles. The summed E-state index contributed by atoms with van der Waals surface area (Å²) in [5, 5.41) is 18.0. The van der Waals surface area contributed by atoms with Crippen molar-refractivity contribution in [3.63, 3.8) is 0 Å². The third kappa shape index (κ3) is 1.36. The first-order valence-electron chi connectivity index (χ1n) is 4.32. The molecule has 0 aromatic carbocycles. The molecular formula is C9H12O4. The van der Waals surface area contributed by atoms with Gasteiger partial charge >= 0.3 is 5.97 Å². The summed E-state index contributed by atoms with van der Waals surface area (Å²) in [5.41, 5.74) is 0.293. The van der Waals surface area contributed by atoms with E-state index in [0.29, 0.717) is 18.4 Å². The number of aliphatic carboxylic acids is 1. The Morgan fingerprint density at radius 1 is 1.77 bits per heavy atom. The topological polar surface area (TPSA) is 70.1 Å².